The number of rotatable bonds is 2. The molecule has 0 atom stereocenters. The molecule has 1 aromatic carbocycles. The molecular formula is C15H16BrN3O3. The van der Waals surface area contributed by atoms with Crippen LogP contribution in [0.25, 0.3) is 0 Å². The van der Waals surface area contributed by atoms with Gasteiger partial charge in [-0.2, -0.15) is 0 Å². The SMILES string of the molecule is O=C1NC(=O)C2(CCN(C(=O)Cc3ccc(Br)cc3)CC2)N1. The topological polar surface area (TPSA) is 78.5 Å². The molecule has 6 nitrogen and oxygen atoms in total. The van der Waals surface area contributed by atoms with Crippen molar-refractivity contribution in [2.75, 3.05) is 13.1 Å². The number of hydrogen-bond acceptors (Lipinski definition) is 3. The van der Waals surface area contributed by atoms with Gasteiger partial charge in [-0.25, -0.2) is 4.79 Å². The molecule has 0 radical (unpaired) electrons. The van der Waals surface area contributed by atoms with Crippen molar-refractivity contribution in [3.05, 3.63) is 34.3 Å². The Kier molecular flexibility index (Phi) is 3.90. The number of carbonyl (C=O) groups excluding carboxylic acids is 3. The van der Waals surface area contributed by atoms with E-state index in [4.69, 9.17) is 0 Å². The van der Waals surface area contributed by atoms with Crippen LogP contribution in [0.1, 0.15) is 18.4 Å². The van der Waals surface area contributed by atoms with Crippen LogP contribution in [0.5, 0.6) is 0 Å². The zero-order chi connectivity index (χ0) is 15.7. The van der Waals surface area contributed by atoms with Gasteiger partial charge < -0.3 is 10.2 Å². The lowest BCUT2D eigenvalue weighted by Gasteiger charge is -2.37. The number of benzene rings is 1. The first-order valence-corrected chi connectivity index (χ1v) is 7.94. The number of piperidine rings is 1. The summed E-state index contributed by atoms with van der Waals surface area (Å²) in [5.74, 6) is -0.237. The third-order valence-corrected chi connectivity index (χ3v) is 4.78. The minimum Gasteiger partial charge on any atom is -0.342 e. The zero-order valence-corrected chi connectivity index (χ0v) is 13.5. The number of halogens is 1. The third-order valence-electron chi connectivity index (χ3n) is 4.25. The first kappa shape index (κ1) is 15.0. The number of nitrogens with zero attached hydrogens (tertiary/aromatic N) is 1. The molecule has 116 valence electrons. The Morgan fingerprint density at radius 1 is 1.18 bits per heavy atom. The number of carbonyl (C=O) groups is 3. The van der Waals surface area contributed by atoms with Crippen LogP contribution < -0.4 is 10.6 Å². The Balaban J connectivity index is 1.59. The molecule has 4 amide bonds. The van der Waals surface area contributed by atoms with E-state index in [1.165, 1.54) is 0 Å². The Morgan fingerprint density at radius 2 is 1.82 bits per heavy atom. The highest BCUT2D eigenvalue weighted by molar-refractivity contribution is 9.10. The molecule has 2 aliphatic heterocycles. The molecule has 0 aliphatic carbocycles. The lowest BCUT2D eigenvalue weighted by atomic mass is 9.87. The molecule has 1 spiro atoms. The van der Waals surface area contributed by atoms with E-state index >= 15 is 0 Å². The second-order valence-corrected chi connectivity index (χ2v) is 6.59. The third kappa shape index (κ3) is 2.85. The molecule has 2 heterocycles. The Morgan fingerprint density at radius 3 is 2.36 bits per heavy atom. The van der Waals surface area contributed by atoms with Crippen molar-refractivity contribution in [1.82, 2.24) is 15.5 Å². The fraction of sp³-hybridized carbons (Fsp3) is 0.400. The van der Waals surface area contributed by atoms with E-state index in [2.05, 4.69) is 26.6 Å². The van der Waals surface area contributed by atoms with Gasteiger partial charge in [-0.1, -0.05) is 28.1 Å². The Labute approximate surface area is 136 Å². The van der Waals surface area contributed by atoms with Gasteiger partial charge in [0.15, 0.2) is 0 Å². The van der Waals surface area contributed by atoms with Gasteiger partial charge in [-0.05, 0) is 30.5 Å². The van der Waals surface area contributed by atoms with Crippen molar-refractivity contribution in [2.45, 2.75) is 24.8 Å². The van der Waals surface area contributed by atoms with Gasteiger partial charge in [-0.3, -0.25) is 14.9 Å². The molecule has 0 bridgehead atoms. The van der Waals surface area contributed by atoms with Gasteiger partial charge in [-0.15, -0.1) is 0 Å². The maximum Gasteiger partial charge on any atom is 0.322 e. The largest absolute Gasteiger partial charge is 0.342 e. The molecule has 3 rings (SSSR count). The van der Waals surface area contributed by atoms with E-state index in [1.807, 2.05) is 24.3 Å². The van der Waals surface area contributed by atoms with Gasteiger partial charge in [0.2, 0.25) is 5.91 Å². The summed E-state index contributed by atoms with van der Waals surface area (Å²) in [6, 6.07) is 7.20. The fourth-order valence-electron chi connectivity index (χ4n) is 2.91. The zero-order valence-electron chi connectivity index (χ0n) is 11.9. The fourth-order valence-corrected chi connectivity index (χ4v) is 3.17. The van der Waals surface area contributed by atoms with E-state index in [-0.39, 0.29) is 11.8 Å². The summed E-state index contributed by atoms with van der Waals surface area (Å²) in [6.07, 6.45) is 1.26. The number of amides is 4. The van der Waals surface area contributed by atoms with E-state index < -0.39 is 11.6 Å². The molecule has 1 aromatic rings. The monoisotopic (exact) mass is 365 g/mol. The van der Waals surface area contributed by atoms with Gasteiger partial charge >= 0.3 is 6.03 Å². The molecule has 0 saturated carbocycles. The van der Waals surface area contributed by atoms with Crippen molar-refractivity contribution in [3.63, 3.8) is 0 Å². The van der Waals surface area contributed by atoms with Crippen LogP contribution in [0.3, 0.4) is 0 Å². The van der Waals surface area contributed by atoms with Crippen molar-refractivity contribution in [3.8, 4) is 0 Å². The Bertz CT molecular complexity index is 621. The van der Waals surface area contributed by atoms with Crippen LogP contribution in [0.15, 0.2) is 28.7 Å². The number of nitrogens with one attached hydrogen (secondary N) is 2. The maximum atomic E-state index is 12.3. The highest BCUT2D eigenvalue weighted by Crippen LogP contribution is 2.26. The number of urea groups is 1. The molecule has 2 saturated heterocycles. The average Bonchev–Trinajstić information content (AvgIpc) is 2.76. The maximum absolute atomic E-state index is 12.3. The first-order valence-electron chi connectivity index (χ1n) is 7.14. The molecule has 0 aromatic heterocycles. The molecule has 0 unspecified atom stereocenters. The normalized spacial score (nSPS) is 20.0. The lowest BCUT2D eigenvalue weighted by molar-refractivity contribution is -0.135. The van der Waals surface area contributed by atoms with Crippen LogP contribution in [0, 0.1) is 0 Å². The number of imide groups is 1. The van der Waals surface area contributed by atoms with Crippen LogP contribution >= 0.6 is 15.9 Å². The van der Waals surface area contributed by atoms with Crippen molar-refractivity contribution in [2.24, 2.45) is 0 Å². The predicted molar refractivity (Wildman–Crippen MR) is 83.1 cm³/mol. The van der Waals surface area contributed by atoms with E-state index in [1.54, 1.807) is 4.90 Å². The van der Waals surface area contributed by atoms with E-state index in [9.17, 15) is 14.4 Å². The van der Waals surface area contributed by atoms with Crippen molar-refractivity contribution >= 4 is 33.8 Å². The van der Waals surface area contributed by atoms with Crippen LogP contribution in [0.4, 0.5) is 4.79 Å². The smallest absolute Gasteiger partial charge is 0.322 e. The van der Waals surface area contributed by atoms with Gasteiger partial charge in [0.25, 0.3) is 5.91 Å². The minimum absolute atomic E-state index is 0.0434. The molecule has 2 aliphatic rings. The van der Waals surface area contributed by atoms with E-state index in [0.717, 1.165) is 10.0 Å². The van der Waals surface area contributed by atoms with Gasteiger partial charge in [0.05, 0.1) is 6.42 Å². The predicted octanol–water partition coefficient (Wildman–Crippen LogP) is 1.19. The summed E-state index contributed by atoms with van der Waals surface area (Å²) in [5.41, 5.74) is 0.131. The minimum atomic E-state index is -0.828. The lowest BCUT2D eigenvalue weighted by Crippen LogP contribution is -2.55. The highest BCUT2D eigenvalue weighted by Gasteiger charge is 2.48. The summed E-state index contributed by atoms with van der Waals surface area (Å²) in [6.45, 7) is 0.951. The molecule has 22 heavy (non-hydrogen) atoms. The van der Waals surface area contributed by atoms with Crippen LogP contribution in [-0.2, 0) is 16.0 Å². The second kappa shape index (κ2) is 5.72. The van der Waals surface area contributed by atoms with Gasteiger partial charge in [0.1, 0.15) is 5.54 Å². The van der Waals surface area contributed by atoms with Crippen LogP contribution in [0.2, 0.25) is 0 Å². The summed E-state index contributed by atoms with van der Waals surface area (Å²) < 4.78 is 0.978. The summed E-state index contributed by atoms with van der Waals surface area (Å²) in [5, 5.41) is 4.96. The van der Waals surface area contributed by atoms with Crippen molar-refractivity contribution in [1.29, 1.82) is 0 Å². The molecule has 2 N–H and O–H groups in total. The molecule has 7 heteroatoms. The van der Waals surface area contributed by atoms with Gasteiger partial charge in [0, 0.05) is 17.6 Å². The summed E-state index contributed by atoms with van der Waals surface area (Å²) >= 11 is 3.37. The Hall–Kier alpha value is -1.89. The second-order valence-electron chi connectivity index (χ2n) is 5.67. The molecule has 2 fully saturated rings. The quantitative estimate of drug-likeness (QED) is 0.772. The standard InChI is InChI=1S/C15H16BrN3O3/c16-11-3-1-10(2-4-11)9-12(20)19-7-5-15(6-8-19)13(21)17-14(22)18-15/h1-4H,5-9H2,(H2,17,18,21,22). The number of likely N-dealkylation sites (tertiary alicyclic amines) is 1. The summed E-state index contributed by atoms with van der Waals surface area (Å²) in [4.78, 5) is 37.2. The average molecular weight is 366 g/mol. The number of hydrogen-bond donors (Lipinski definition) is 2. The van der Waals surface area contributed by atoms with E-state index in [0.29, 0.717) is 32.4 Å². The highest BCUT2D eigenvalue weighted by atomic mass is 79.9. The molecular weight excluding hydrogens is 350 g/mol. The first-order chi connectivity index (χ1) is 10.5. The van der Waals surface area contributed by atoms with Crippen LogP contribution in [-0.4, -0.2) is 41.4 Å². The van der Waals surface area contributed by atoms with Crippen molar-refractivity contribution < 1.29 is 14.4 Å². The summed E-state index contributed by atoms with van der Waals surface area (Å²) in [7, 11) is 0.